The van der Waals surface area contributed by atoms with Crippen LogP contribution in [-0.2, 0) is 11.3 Å². The van der Waals surface area contributed by atoms with E-state index >= 15 is 0 Å². The van der Waals surface area contributed by atoms with Gasteiger partial charge in [0.2, 0.25) is 6.10 Å². The first kappa shape index (κ1) is 14.4. The summed E-state index contributed by atoms with van der Waals surface area (Å²) >= 11 is 0. The molecule has 1 aliphatic heterocycles. The lowest BCUT2D eigenvalue weighted by Crippen LogP contribution is -2.49. The van der Waals surface area contributed by atoms with Gasteiger partial charge in [-0.1, -0.05) is 12.1 Å². The van der Waals surface area contributed by atoms with Crippen LogP contribution in [-0.4, -0.2) is 39.4 Å². The lowest BCUT2D eigenvalue weighted by Gasteiger charge is -2.31. The molecule has 0 fully saturated rings. The molecule has 0 saturated carbocycles. The summed E-state index contributed by atoms with van der Waals surface area (Å²) in [6.45, 7) is 3.09. The van der Waals surface area contributed by atoms with Gasteiger partial charge in [0.15, 0.2) is 11.5 Å². The van der Waals surface area contributed by atoms with Crippen LogP contribution in [0.1, 0.15) is 13.3 Å². The van der Waals surface area contributed by atoms with Crippen molar-refractivity contribution in [1.82, 2.24) is 20.1 Å². The zero-order valence-electron chi connectivity index (χ0n) is 12.3. The minimum Gasteiger partial charge on any atom is -0.482 e. The van der Waals surface area contributed by atoms with Gasteiger partial charge in [-0.2, -0.15) is 5.10 Å². The molecule has 2 aromatic rings. The molecular formula is C15H18N4O3. The number of hydrogen-bond acceptors (Lipinski definition) is 5. The molecule has 0 aliphatic carbocycles. The summed E-state index contributed by atoms with van der Waals surface area (Å²) in [4.78, 5) is 16.1. The molecule has 2 atom stereocenters. The van der Waals surface area contributed by atoms with Crippen molar-refractivity contribution in [1.29, 1.82) is 0 Å². The maximum Gasteiger partial charge on any atom is 0.265 e. The molecule has 116 valence electrons. The molecule has 0 saturated heterocycles. The van der Waals surface area contributed by atoms with Crippen molar-refractivity contribution >= 4 is 5.91 Å². The van der Waals surface area contributed by atoms with Crippen LogP contribution < -0.4 is 14.8 Å². The van der Waals surface area contributed by atoms with Gasteiger partial charge in [0.1, 0.15) is 18.8 Å². The number of nitrogens with one attached hydrogen (secondary N) is 1. The highest BCUT2D eigenvalue weighted by Crippen LogP contribution is 2.33. The molecule has 3 rings (SSSR count). The van der Waals surface area contributed by atoms with Gasteiger partial charge in [-0.05, 0) is 25.5 Å². The van der Waals surface area contributed by atoms with Crippen LogP contribution in [0, 0.1) is 0 Å². The Labute approximate surface area is 128 Å². The van der Waals surface area contributed by atoms with Crippen molar-refractivity contribution in [3.05, 3.63) is 36.9 Å². The van der Waals surface area contributed by atoms with Crippen LogP contribution in [0.2, 0.25) is 0 Å². The second-order valence-electron chi connectivity index (χ2n) is 5.11. The second kappa shape index (κ2) is 6.46. The summed E-state index contributed by atoms with van der Waals surface area (Å²) in [6.07, 6.45) is 2.95. The summed E-state index contributed by atoms with van der Waals surface area (Å²) < 4.78 is 13.2. The van der Waals surface area contributed by atoms with Gasteiger partial charge < -0.3 is 14.8 Å². The van der Waals surface area contributed by atoms with Crippen molar-refractivity contribution < 1.29 is 14.3 Å². The maximum atomic E-state index is 12.2. The highest BCUT2D eigenvalue weighted by atomic mass is 16.6. The predicted molar refractivity (Wildman–Crippen MR) is 78.6 cm³/mol. The third-order valence-corrected chi connectivity index (χ3v) is 3.43. The molecule has 0 radical (unpaired) electrons. The first-order valence-electron chi connectivity index (χ1n) is 7.26. The van der Waals surface area contributed by atoms with Crippen molar-refractivity contribution in [3.8, 4) is 11.5 Å². The number of aromatic nitrogens is 3. The summed E-state index contributed by atoms with van der Waals surface area (Å²) in [5.41, 5.74) is 0. The third kappa shape index (κ3) is 3.19. The lowest BCUT2D eigenvalue weighted by atomic mass is 10.1. The van der Waals surface area contributed by atoms with E-state index in [9.17, 15) is 4.79 Å². The Kier molecular flexibility index (Phi) is 4.22. The Morgan fingerprint density at radius 1 is 1.32 bits per heavy atom. The molecule has 7 nitrogen and oxygen atoms in total. The molecule has 2 heterocycles. The Bertz CT molecular complexity index is 629. The fourth-order valence-corrected chi connectivity index (χ4v) is 2.31. The van der Waals surface area contributed by atoms with Crippen LogP contribution in [0.3, 0.4) is 0 Å². The summed E-state index contributed by atoms with van der Waals surface area (Å²) in [7, 11) is 0. The fraction of sp³-hybridized carbons (Fsp3) is 0.400. The average molecular weight is 302 g/mol. The van der Waals surface area contributed by atoms with Gasteiger partial charge >= 0.3 is 0 Å². The average Bonchev–Trinajstić information content (AvgIpc) is 3.04. The zero-order valence-corrected chi connectivity index (χ0v) is 12.3. The van der Waals surface area contributed by atoms with Gasteiger partial charge in [-0.3, -0.25) is 9.48 Å². The van der Waals surface area contributed by atoms with E-state index in [1.807, 2.05) is 25.1 Å². The molecular weight excluding hydrogens is 284 g/mol. The monoisotopic (exact) mass is 302 g/mol. The first-order valence-corrected chi connectivity index (χ1v) is 7.26. The zero-order chi connectivity index (χ0) is 15.4. The Hall–Kier alpha value is -2.57. The SMILES string of the molecule is CC1Oc2ccccc2OC1C(=O)NCCCn1cncn1. The molecule has 0 bridgehead atoms. The standard InChI is InChI=1S/C15H18N4O3/c1-11-14(22-13-6-3-2-5-12(13)21-11)15(20)17-7-4-8-19-10-16-9-18-19/h2-3,5-6,9-11,14H,4,7-8H2,1H3,(H,17,20). The number of benzene rings is 1. The normalized spacial score (nSPS) is 19.7. The molecule has 1 amide bonds. The van der Waals surface area contributed by atoms with E-state index in [-0.39, 0.29) is 12.0 Å². The number of rotatable bonds is 5. The Morgan fingerprint density at radius 2 is 2.09 bits per heavy atom. The summed E-state index contributed by atoms with van der Waals surface area (Å²) in [6, 6.07) is 7.36. The quantitative estimate of drug-likeness (QED) is 0.834. The van der Waals surface area contributed by atoms with E-state index in [2.05, 4.69) is 15.4 Å². The lowest BCUT2D eigenvalue weighted by molar-refractivity contribution is -0.133. The number of carbonyl (C=O) groups is 1. The van der Waals surface area contributed by atoms with Gasteiger partial charge in [0.05, 0.1) is 0 Å². The van der Waals surface area contributed by atoms with Crippen LogP contribution in [0.4, 0.5) is 0 Å². The van der Waals surface area contributed by atoms with Gasteiger partial charge in [-0.15, -0.1) is 0 Å². The topological polar surface area (TPSA) is 78.3 Å². The van der Waals surface area contributed by atoms with E-state index < -0.39 is 6.10 Å². The maximum absolute atomic E-state index is 12.2. The van der Waals surface area contributed by atoms with E-state index in [0.717, 1.165) is 6.42 Å². The van der Waals surface area contributed by atoms with Crippen molar-refractivity contribution in [3.63, 3.8) is 0 Å². The number of aryl methyl sites for hydroxylation is 1. The smallest absolute Gasteiger partial charge is 0.265 e. The van der Waals surface area contributed by atoms with Crippen molar-refractivity contribution in [2.45, 2.75) is 32.1 Å². The molecule has 1 aliphatic rings. The number of amides is 1. The van der Waals surface area contributed by atoms with Crippen LogP contribution in [0.5, 0.6) is 11.5 Å². The Morgan fingerprint density at radius 3 is 2.82 bits per heavy atom. The van der Waals surface area contributed by atoms with Crippen LogP contribution in [0.15, 0.2) is 36.9 Å². The number of fused-ring (bicyclic) bond motifs is 1. The molecule has 7 heteroatoms. The van der Waals surface area contributed by atoms with E-state index in [4.69, 9.17) is 9.47 Å². The molecule has 1 aromatic carbocycles. The second-order valence-corrected chi connectivity index (χ2v) is 5.11. The van der Waals surface area contributed by atoms with Gasteiger partial charge in [-0.25, -0.2) is 4.98 Å². The number of nitrogens with zero attached hydrogens (tertiary/aromatic N) is 3. The molecule has 0 spiro atoms. The third-order valence-electron chi connectivity index (χ3n) is 3.43. The van der Waals surface area contributed by atoms with E-state index in [1.54, 1.807) is 17.1 Å². The van der Waals surface area contributed by atoms with E-state index in [1.165, 1.54) is 6.33 Å². The molecule has 22 heavy (non-hydrogen) atoms. The number of ether oxygens (including phenoxy) is 2. The van der Waals surface area contributed by atoms with Crippen LogP contribution in [0.25, 0.3) is 0 Å². The van der Waals surface area contributed by atoms with Crippen molar-refractivity contribution in [2.75, 3.05) is 6.54 Å². The number of hydrogen-bond donors (Lipinski definition) is 1. The molecule has 2 unspecified atom stereocenters. The fourth-order valence-electron chi connectivity index (χ4n) is 2.31. The number of para-hydroxylation sites is 2. The largest absolute Gasteiger partial charge is 0.482 e. The minimum absolute atomic E-state index is 0.166. The minimum atomic E-state index is -0.638. The highest BCUT2D eigenvalue weighted by molar-refractivity contribution is 5.82. The molecule has 1 aromatic heterocycles. The van der Waals surface area contributed by atoms with Gasteiger partial charge in [0.25, 0.3) is 5.91 Å². The van der Waals surface area contributed by atoms with E-state index in [0.29, 0.717) is 24.6 Å². The van der Waals surface area contributed by atoms with Crippen molar-refractivity contribution in [2.24, 2.45) is 0 Å². The predicted octanol–water partition coefficient (Wildman–Crippen LogP) is 1.01. The number of carbonyl (C=O) groups excluding carboxylic acids is 1. The highest BCUT2D eigenvalue weighted by Gasteiger charge is 2.33. The summed E-state index contributed by atoms with van der Waals surface area (Å²) in [5, 5.41) is 6.88. The first-order chi connectivity index (χ1) is 10.7. The van der Waals surface area contributed by atoms with Gasteiger partial charge in [0, 0.05) is 13.1 Å². The summed E-state index contributed by atoms with van der Waals surface area (Å²) in [5.74, 6) is 1.11. The Balaban J connectivity index is 1.50. The molecule has 1 N–H and O–H groups in total. The van der Waals surface area contributed by atoms with Crippen LogP contribution >= 0.6 is 0 Å².